The summed E-state index contributed by atoms with van der Waals surface area (Å²) in [7, 11) is 0. The van der Waals surface area contributed by atoms with Crippen LogP contribution in [0.5, 0.6) is 11.6 Å². The molecule has 3 rings (SSSR count). The lowest BCUT2D eigenvalue weighted by molar-refractivity contribution is 0.158. The molecule has 2 aromatic carbocycles. The van der Waals surface area contributed by atoms with E-state index < -0.39 is 6.10 Å². The van der Waals surface area contributed by atoms with Crippen molar-refractivity contribution in [2.45, 2.75) is 25.2 Å². The number of aliphatic hydroxyl groups excluding tert-OH is 3. The van der Waals surface area contributed by atoms with E-state index in [2.05, 4.69) is 10.3 Å². The van der Waals surface area contributed by atoms with Gasteiger partial charge in [0.15, 0.2) is 0 Å². The van der Waals surface area contributed by atoms with Gasteiger partial charge in [-0.3, -0.25) is 0 Å². The van der Waals surface area contributed by atoms with Gasteiger partial charge in [-0.25, -0.2) is 4.98 Å². The first-order valence-electron chi connectivity index (χ1n) is 9.67. The summed E-state index contributed by atoms with van der Waals surface area (Å²) >= 11 is 5.97. The van der Waals surface area contributed by atoms with Crippen molar-refractivity contribution in [1.82, 2.24) is 10.3 Å². The quantitative estimate of drug-likeness (QED) is 0.396. The highest BCUT2D eigenvalue weighted by Crippen LogP contribution is 2.21. The molecule has 6 nitrogen and oxygen atoms in total. The van der Waals surface area contributed by atoms with Gasteiger partial charge in [0.2, 0.25) is 5.88 Å². The molecule has 0 unspecified atom stereocenters. The highest BCUT2D eigenvalue weighted by atomic mass is 35.5. The fourth-order valence-electron chi connectivity index (χ4n) is 2.97. The Bertz CT molecular complexity index is 919. The van der Waals surface area contributed by atoms with Gasteiger partial charge in [0.05, 0.1) is 19.3 Å². The first kappa shape index (κ1) is 22.2. The lowest BCUT2D eigenvalue weighted by Crippen LogP contribution is -2.37. The lowest BCUT2D eigenvalue weighted by atomic mass is 10.1. The molecule has 2 atom stereocenters. The van der Waals surface area contributed by atoms with E-state index in [4.69, 9.17) is 21.4 Å². The van der Waals surface area contributed by atoms with Crippen LogP contribution in [0.4, 0.5) is 0 Å². The summed E-state index contributed by atoms with van der Waals surface area (Å²) in [5.74, 6) is 1.10. The minimum atomic E-state index is -0.710. The highest BCUT2D eigenvalue weighted by Gasteiger charge is 2.13. The number of hydrogen-bond donors (Lipinski definition) is 4. The fourth-order valence-corrected chi connectivity index (χ4v) is 3.17. The molecule has 0 bridgehead atoms. The van der Waals surface area contributed by atoms with E-state index in [1.807, 2.05) is 30.3 Å². The number of nitrogens with one attached hydrogen (secondary N) is 1. The molecule has 30 heavy (non-hydrogen) atoms. The first-order chi connectivity index (χ1) is 14.6. The van der Waals surface area contributed by atoms with E-state index in [1.54, 1.807) is 36.5 Å². The standard InChI is InChI=1S/C23H25ClN2O4/c24-19-3-1-2-18(11-19)22(29)13-25-20(15-28)10-16-4-7-21(8-5-16)30-23-9-6-17(14-27)12-26-23/h1-9,11-12,20,22,25,27-29H,10,13-15H2/t20-,22-/m0/s1. The maximum Gasteiger partial charge on any atom is 0.219 e. The van der Waals surface area contributed by atoms with E-state index in [0.717, 1.165) is 16.7 Å². The zero-order valence-electron chi connectivity index (χ0n) is 16.4. The van der Waals surface area contributed by atoms with Gasteiger partial charge in [-0.2, -0.15) is 0 Å². The second-order valence-corrected chi connectivity index (χ2v) is 7.41. The monoisotopic (exact) mass is 428 g/mol. The largest absolute Gasteiger partial charge is 0.439 e. The topological polar surface area (TPSA) is 94.8 Å². The van der Waals surface area contributed by atoms with Crippen molar-refractivity contribution in [3.05, 3.63) is 88.6 Å². The zero-order valence-corrected chi connectivity index (χ0v) is 17.2. The molecule has 0 saturated carbocycles. The Kier molecular flexibility index (Phi) is 8.19. The van der Waals surface area contributed by atoms with Crippen LogP contribution in [0.25, 0.3) is 0 Å². The molecule has 1 heterocycles. The molecule has 0 aliphatic rings. The van der Waals surface area contributed by atoms with Gasteiger partial charge < -0.3 is 25.4 Å². The SMILES string of the molecule is OCc1ccc(Oc2ccc(C[C@@H](CO)NC[C@H](O)c3cccc(Cl)c3)cc2)nc1. The Morgan fingerprint density at radius 3 is 2.40 bits per heavy atom. The van der Waals surface area contributed by atoms with Crippen LogP contribution in [-0.2, 0) is 13.0 Å². The van der Waals surface area contributed by atoms with E-state index >= 15 is 0 Å². The third-order valence-electron chi connectivity index (χ3n) is 4.66. The smallest absolute Gasteiger partial charge is 0.219 e. The highest BCUT2D eigenvalue weighted by molar-refractivity contribution is 6.30. The van der Waals surface area contributed by atoms with Crippen LogP contribution >= 0.6 is 11.6 Å². The van der Waals surface area contributed by atoms with Gasteiger partial charge in [-0.15, -0.1) is 0 Å². The van der Waals surface area contributed by atoms with Crippen LogP contribution in [0.1, 0.15) is 22.8 Å². The second-order valence-electron chi connectivity index (χ2n) is 6.97. The van der Waals surface area contributed by atoms with Crippen LogP contribution < -0.4 is 10.1 Å². The van der Waals surface area contributed by atoms with Gasteiger partial charge in [0, 0.05) is 29.9 Å². The van der Waals surface area contributed by atoms with Crippen LogP contribution in [0.15, 0.2) is 66.9 Å². The van der Waals surface area contributed by atoms with Gasteiger partial charge in [-0.05, 0) is 53.4 Å². The summed E-state index contributed by atoms with van der Waals surface area (Å²) < 4.78 is 5.70. The molecule has 7 heteroatoms. The number of halogens is 1. The predicted molar refractivity (Wildman–Crippen MR) is 116 cm³/mol. The Labute approximate surface area is 180 Å². The number of pyridine rings is 1. The predicted octanol–water partition coefficient (Wildman–Crippen LogP) is 3.25. The van der Waals surface area contributed by atoms with E-state index in [-0.39, 0.29) is 19.3 Å². The van der Waals surface area contributed by atoms with Crippen molar-refractivity contribution in [3.63, 3.8) is 0 Å². The molecule has 0 saturated heterocycles. The van der Waals surface area contributed by atoms with Crippen LogP contribution in [-0.4, -0.2) is 39.5 Å². The van der Waals surface area contributed by atoms with Gasteiger partial charge in [0.1, 0.15) is 5.75 Å². The van der Waals surface area contributed by atoms with E-state index in [0.29, 0.717) is 29.6 Å². The Balaban J connectivity index is 1.52. The number of benzene rings is 2. The number of hydrogen-bond acceptors (Lipinski definition) is 6. The van der Waals surface area contributed by atoms with Crippen LogP contribution in [0, 0.1) is 0 Å². The van der Waals surface area contributed by atoms with Crippen molar-refractivity contribution in [1.29, 1.82) is 0 Å². The normalized spacial score (nSPS) is 13.1. The Morgan fingerprint density at radius 1 is 1.00 bits per heavy atom. The molecule has 0 aliphatic heterocycles. The van der Waals surface area contributed by atoms with E-state index in [1.165, 1.54) is 0 Å². The van der Waals surface area contributed by atoms with Crippen LogP contribution in [0.3, 0.4) is 0 Å². The Hall–Kier alpha value is -2.48. The summed E-state index contributed by atoms with van der Waals surface area (Å²) in [6, 6.07) is 17.9. The van der Waals surface area contributed by atoms with E-state index in [9.17, 15) is 10.2 Å². The molecule has 0 amide bonds. The van der Waals surface area contributed by atoms with Crippen LogP contribution in [0.2, 0.25) is 5.02 Å². The molecule has 0 spiro atoms. The summed E-state index contributed by atoms with van der Waals surface area (Å²) in [5.41, 5.74) is 2.48. The first-order valence-corrected chi connectivity index (χ1v) is 10.1. The minimum absolute atomic E-state index is 0.0539. The molecule has 1 aromatic heterocycles. The molecule has 0 radical (unpaired) electrons. The molecular weight excluding hydrogens is 404 g/mol. The van der Waals surface area contributed by atoms with Crippen molar-refractivity contribution < 1.29 is 20.1 Å². The second kappa shape index (κ2) is 11.1. The number of aromatic nitrogens is 1. The summed E-state index contributed by atoms with van der Waals surface area (Å²) in [4.78, 5) is 4.14. The molecular formula is C23H25ClN2O4. The number of rotatable bonds is 10. The summed E-state index contributed by atoms with van der Waals surface area (Å²) in [6.45, 7) is 0.196. The summed E-state index contributed by atoms with van der Waals surface area (Å²) in [5, 5.41) is 32.8. The van der Waals surface area contributed by atoms with Crippen molar-refractivity contribution in [3.8, 4) is 11.6 Å². The number of nitrogens with zero attached hydrogens (tertiary/aromatic N) is 1. The lowest BCUT2D eigenvalue weighted by Gasteiger charge is -2.19. The minimum Gasteiger partial charge on any atom is -0.439 e. The maximum absolute atomic E-state index is 10.3. The summed E-state index contributed by atoms with van der Waals surface area (Å²) in [6.07, 6.45) is 1.46. The zero-order chi connectivity index (χ0) is 21.3. The fraction of sp³-hybridized carbons (Fsp3) is 0.261. The molecule has 4 N–H and O–H groups in total. The van der Waals surface area contributed by atoms with Crippen molar-refractivity contribution >= 4 is 11.6 Å². The molecule has 0 aliphatic carbocycles. The third-order valence-corrected chi connectivity index (χ3v) is 4.90. The molecule has 0 fully saturated rings. The van der Waals surface area contributed by atoms with Gasteiger partial charge in [-0.1, -0.05) is 35.9 Å². The Morgan fingerprint density at radius 2 is 1.77 bits per heavy atom. The molecule has 158 valence electrons. The number of aliphatic hydroxyl groups is 3. The van der Waals surface area contributed by atoms with Crippen molar-refractivity contribution in [2.24, 2.45) is 0 Å². The van der Waals surface area contributed by atoms with Crippen molar-refractivity contribution in [2.75, 3.05) is 13.2 Å². The number of ether oxygens (including phenoxy) is 1. The van der Waals surface area contributed by atoms with Gasteiger partial charge >= 0.3 is 0 Å². The average Bonchev–Trinajstić information content (AvgIpc) is 2.78. The maximum atomic E-state index is 10.3. The average molecular weight is 429 g/mol. The molecule has 3 aromatic rings. The van der Waals surface area contributed by atoms with Gasteiger partial charge in [0.25, 0.3) is 0 Å². The third kappa shape index (κ3) is 6.52.